The molecular formula is C14H20N2O3. The van der Waals surface area contributed by atoms with Crippen molar-refractivity contribution >= 4 is 11.7 Å². The number of methoxy groups -OCH3 is 1. The highest BCUT2D eigenvalue weighted by atomic mass is 16.5. The first kappa shape index (κ1) is 13.7. The molecule has 1 aromatic carbocycles. The van der Waals surface area contributed by atoms with Gasteiger partial charge in [0, 0.05) is 24.8 Å². The van der Waals surface area contributed by atoms with Crippen LogP contribution in [-0.4, -0.2) is 43.9 Å². The molecule has 0 aliphatic carbocycles. The molecule has 0 radical (unpaired) electrons. The zero-order valence-corrected chi connectivity index (χ0v) is 11.1. The van der Waals surface area contributed by atoms with E-state index in [9.17, 15) is 4.79 Å². The van der Waals surface area contributed by atoms with Crippen molar-refractivity contribution < 1.29 is 14.6 Å². The highest BCUT2D eigenvalue weighted by Crippen LogP contribution is 2.24. The van der Waals surface area contributed by atoms with Crippen LogP contribution < -0.4 is 15.0 Å². The van der Waals surface area contributed by atoms with Crippen LogP contribution in [0.1, 0.15) is 12.8 Å². The van der Waals surface area contributed by atoms with Gasteiger partial charge in [0.2, 0.25) is 0 Å². The first-order chi connectivity index (χ1) is 9.20. The molecule has 1 aromatic rings. The van der Waals surface area contributed by atoms with Gasteiger partial charge in [-0.25, -0.2) is 0 Å². The highest BCUT2D eigenvalue weighted by molar-refractivity contribution is 5.69. The van der Waals surface area contributed by atoms with Crippen LogP contribution in [0.15, 0.2) is 24.3 Å². The van der Waals surface area contributed by atoms with E-state index in [1.165, 1.54) is 0 Å². The second-order valence-corrected chi connectivity index (χ2v) is 4.70. The number of carboxylic acids is 1. The number of hydrogen-bond acceptors (Lipinski definition) is 4. The Morgan fingerprint density at radius 3 is 3.16 bits per heavy atom. The van der Waals surface area contributed by atoms with Crippen LogP contribution in [0.4, 0.5) is 5.69 Å². The maximum Gasteiger partial charge on any atom is 0.305 e. The first-order valence-electron chi connectivity index (χ1n) is 6.54. The van der Waals surface area contributed by atoms with Gasteiger partial charge in [0.1, 0.15) is 5.75 Å². The minimum atomic E-state index is -0.762. The van der Waals surface area contributed by atoms with Gasteiger partial charge >= 0.3 is 5.97 Å². The number of anilines is 1. The third kappa shape index (κ3) is 3.61. The van der Waals surface area contributed by atoms with Crippen LogP contribution in [0.25, 0.3) is 0 Å². The molecule has 1 aliphatic heterocycles. The fourth-order valence-electron chi connectivity index (χ4n) is 2.45. The van der Waals surface area contributed by atoms with Gasteiger partial charge in [-0.2, -0.15) is 0 Å². The minimum Gasteiger partial charge on any atom is -0.497 e. The normalized spacial score (nSPS) is 19.8. The van der Waals surface area contributed by atoms with Crippen molar-refractivity contribution in [2.45, 2.75) is 18.9 Å². The van der Waals surface area contributed by atoms with E-state index < -0.39 is 5.97 Å². The standard InChI is InChI=1S/C14H20N2O3/c1-19-13-5-2-4-11(8-13)16-7-3-6-15-10-12(16)9-14(17)18/h2,4-5,8,12,15H,3,6-7,9-10H2,1H3,(H,17,18). The van der Waals surface area contributed by atoms with Crippen LogP contribution in [0.5, 0.6) is 5.75 Å². The Morgan fingerprint density at radius 1 is 1.58 bits per heavy atom. The minimum absolute atomic E-state index is 0.0212. The number of nitrogens with zero attached hydrogens (tertiary/aromatic N) is 1. The van der Waals surface area contributed by atoms with Crippen LogP contribution in [-0.2, 0) is 4.79 Å². The summed E-state index contributed by atoms with van der Waals surface area (Å²) in [6.45, 7) is 2.48. The summed E-state index contributed by atoms with van der Waals surface area (Å²) in [6, 6.07) is 7.77. The number of aliphatic carboxylic acids is 1. The molecule has 5 heteroatoms. The van der Waals surface area contributed by atoms with Gasteiger partial charge < -0.3 is 20.1 Å². The molecule has 104 valence electrons. The van der Waals surface area contributed by atoms with E-state index in [1.807, 2.05) is 24.3 Å². The number of nitrogens with one attached hydrogen (secondary N) is 1. The Labute approximate surface area is 113 Å². The molecule has 1 unspecified atom stereocenters. The largest absolute Gasteiger partial charge is 0.497 e. The molecule has 1 saturated heterocycles. The average Bonchev–Trinajstić information content (AvgIpc) is 2.63. The number of carbonyl (C=O) groups is 1. The van der Waals surface area contributed by atoms with Gasteiger partial charge in [-0.3, -0.25) is 4.79 Å². The molecule has 0 saturated carbocycles. The molecule has 5 nitrogen and oxygen atoms in total. The Kier molecular flexibility index (Phi) is 4.63. The van der Waals surface area contributed by atoms with Crippen LogP contribution >= 0.6 is 0 Å². The van der Waals surface area contributed by atoms with Crippen molar-refractivity contribution in [1.29, 1.82) is 0 Å². The summed E-state index contributed by atoms with van der Waals surface area (Å²) in [4.78, 5) is 13.2. The van der Waals surface area contributed by atoms with E-state index >= 15 is 0 Å². The lowest BCUT2D eigenvalue weighted by Crippen LogP contribution is -2.41. The number of hydrogen-bond donors (Lipinski definition) is 2. The monoisotopic (exact) mass is 264 g/mol. The van der Waals surface area contributed by atoms with Crippen molar-refractivity contribution in [3.05, 3.63) is 24.3 Å². The number of benzene rings is 1. The summed E-state index contributed by atoms with van der Waals surface area (Å²) in [5.74, 6) is 0.0328. The van der Waals surface area contributed by atoms with Crippen LogP contribution in [0.2, 0.25) is 0 Å². The van der Waals surface area contributed by atoms with Gasteiger partial charge in [0.05, 0.1) is 19.6 Å². The van der Waals surface area contributed by atoms with Crippen molar-refractivity contribution in [2.75, 3.05) is 31.6 Å². The molecule has 0 aromatic heterocycles. The maximum atomic E-state index is 11.0. The van der Waals surface area contributed by atoms with E-state index in [2.05, 4.69) is 10.2 Å². The predicted octanol–water partition coefficient (Wildman–Crippen LogP) is 1.34. The maximum absolute atomic E-state index is 11.0. The number of carboxylic acid groups (broad SMARTS) is 1. The van der Waals surface area contributed by atoms with Gasteiger partial charge in [0.25, 0.3) is 0 Å². The van der Waals surface area contributed by atoms with Gasteiger partial charge in [-0.05, 0) is 25.1 Å². The Hall–Kier alpha value is -1.75. The highest BCUT2D eigenvalue weighted by Gasteiger charge is 2.23. The van der Waals surface area contributed by atoms with Crippen LogP contribution in [0.3, 0.4) is 0 Å². The summed E-state index contributed by atoms with van der Waals surface area (Å²) in [7, 11) is 1.64. The van der Waals surface area contributed by atoms with E-state index in [4.69, 9.17) is 9.84 Å². The van der Waals surface area contributed by atoms with E-state index in [1.54, 1.807) is 7.11 Å². The van der Waals surface area contributed by atoms with Crippen molar-refractivity contribution in [1.82, 2.24) is 5.32 Å². The van der Waals surface area contributed by atoms with Crippen LogP contribution in [0, 0.1) is 0 Å². The molecule has 1 aliphatic rings. The molecule has 19 heavy (non-hydrogen) atoms. The summed E-state index contributed by atoms with van der Waals surface area (Å²) in [6.07, 6.45) is 1.15. The second-order valence-electron chi connectivity index (χ2n) is 4.70. The quantitative estimate of drug-likeness (QED) is 0.859. The van der Waals surface area contributed by atoms with E-state index in [-0.39, 0.29) is 12.5 Å². The third-order valence-electron chi connectivity index (χ3n) is 3.37. The van der Waals surface area contributed by atoms with Gasteiger partial charge in [-0.1, -0.05) is 6.07 Å². The first-order valence-corrected chi connectivity index (χ1v) is 6.54. The van der Waals surface area contributed by atoms with Gasteiger partial charge in [-0.15, -0.1) is 0 Å². The molecular weight excluding hydrogens is 244 g/mol. The van der Waals surface area contributed by atoms with E-state index in [0.717, 1.165) is 30.9 Å². The number of rotatable bonds is 4. The van der Waals surface area contributed by atoms with Crippen molar-refractivity contribution in [3.8, 4) is 5.75 Å². The zero-order valence-electron chi connectivity index (χ0n) is 11.1. The molecule has 0 amide bonds. The smallest absolute Gasteiger partial charge is 0.305 e. The summed E-state index contributed by atoms with van der Waals surface area (Å²) >= 11 is 0. The predicted molar refractivity (Wildman–Crippen MR) is 73.9 cm³/mol. The van der Waals surface area contributed by atoms with Gasteiger partial charge in [0.15, 0.2) is 0 Å². The molecule has 0 bridgehead atoms. The lowest BCUT2D eigenvalue weighted by atomic mass is 10.1. The average molecular weight is 264 g/mol. The zero-order chi connectivity index (χ0) is 13.7. The van der Waals surface area contributed by atoms with Crippen molar-refractivity contribution in [2.24, 2.45) is 0 Å². The number of ether oxygens (including phenoxy) is 1. The molecule has 2 N–H and O–H groups in total. The summed E-state index contributed by atoms with van der Waals surface area (Å²) in [5, 5.41) is 12.3. The summed E-state index contributed by atoms with van der Waals surface area (Å²) < 4.78 is 5.23. The second kappa shape index (κ2) is 6.43. The lowest BCUT2D eigenvalue weighted by molar-refractivity contribution is -0.137. The Balaban J connectivity index is 2.22. The lowest BCUT2D eigenvalue weighted by Gasteiger charge is -2.31. The Morgan fingerprint density at radius 2 is 2.42 bits per heavy atom. The molecule has 1 fully saturated rings. The molecule has 0 spiro atoms. The van der Waals surface area contributed by atoms with E-state index in [0.29, 0.717) is 6.54 Å². The summed E-state index contributed by atoms with van der Waals surface area (Å²) in [5.41, 5.74) is 1.02. The SMILES string of the molecule is COc1cccc(N2CCCNCC2CC(=O)O)c1. The molecule has 1 heterocycles. The fraction of sp³-hybridized carbons (Fsp3) is 0.500. The molecule has 2 rings (SSSR count). The topological polar surface area (TPSA) is 61.8 Å². The fourth-order valence-corrected chi connectivity index (χ4v) is 2.45. The van der Waals surface area contributed by atoms with Crippen molar-refractivity contribution in [3.63, 3.8) is 0 Å². The molecule has 1 atom stereocenters. The Bertz CT molecular complexity index is 436. The third-order valence-corrected chi connectivity index (χ3v) is 3.37.